The predicted molar refractivity (Wildman–Crippen MR) is 35.3 cm³/mol. The summed E-state index contributed by atoms with van der Waals surface area (Å²) >= 11 is 0. The van der Waals surface area contributed by atoms with Crippen molar-refractivity contribution in [1.82, 2.24) is 10.6 Å². The normalized spacial score (nSPS) is 31.1. The van der Waals surface area contributed by atoms with Crippen molar-refractivity contribution in [3.05, 3.63) is 11.8 Å². The minimum atomic E-state index is 0.461. The Morgan fingerprint density at radius 2 is 2.78 bits per heavy atom. The Kier molecular flexibility index (Phi) is 1.02. The van der Waals surface area contributed by atoms with Gasteiger partial charge in [-0.3, -0.25) is 0 Å². The van der Waals surface area contributed by atoms with Gasteiger partial charge in [-0.15, -0.1) is 0 Å². The van der Waals surface area contributed by atoms with Crippen LogP contribution in [0.2, 0.25) is 0 Å². The zero-order valence-corrected chi connectivity index (χ0v) is 5.02. The Morgan fingerprint density at radius 3 is 3.67 bits per heavy atom. The average Bonchev–Trinajstić information content (AvgIpc) is 2.33. The van der Waals surface area contributed by atoms with Crippen LogP contribution in [0.25, 0.3) is 0 Å². The molecular formula is C6H8N3. The molecule has 3 nitrogen and oxygen atoms in total. The number of rotatable bonds is 0. The van der Waals surface area contributed by atoms with E-state index in [0.717, 1.165) is 13.1 Å². The molecule has 0 aromatic heterocycles. The lowest BCUT2D eigenvalue weighted by Crippen LogP contribution is -2.32. The Morgan fingerprint density at radius 1 is 1.78 bits per heavy atom. The Labute approximate surface area is 53.9 Å². The van der Waals surface area contributed by atoms with Gasteiger partial charge in [-0.1, -0.05) is 0 Å². The highest BCUT2D eigenvalue weighted by molar-refractivity contribution is 5.59. The van der Waals surface area contributed by atoms with Crippen molar-refractivity contribution in [2.75, 3.05) is 13.1 Å². The van der Waals surface area contributed by atoms with E-state index in [4.69, 9.17) is 0 Å². The maximum Gasteiger partial charge on any atom is 0.169 e. The van der Waals surface area contributed by atoms with Crippen molar-refractivity contribution in [2.24, 2.45) is 4.99 Å². The van der Waals surface area contributed by atoms with E-state index in [1.807, 2.05) is 6.20 Å². The zero-order valence-electron chi connectivity index (χ0n) is 5.02. The standard InChI is InChI=1S/C6H8N3/c1-5-2-8-4-9-6(5)3-7-1/h2,6-7H,1,3H2,(H,8,9). The fourth-order valence-corrected chi connectivity index (χ4v) is 1.12. The highest BCUT2D eigenvalue weighted by atomic mass is 15.1. The average molecular weight is 122 g/mol. The third kappa shape index (κ3) is 0.733. The first-order chi connectivity index (χ1) is 4.47. The lowest BCUT2D eigenvalue weighted by Gasteiger charge is -2.11. The van der Waals surface area contributed by atoms with Crippen molar-refractivity contribution in [3.63, 3.8) is 0 Å². The van der Waals surface area contributed by atoms with Crippen LogP contribution in [0.3, 0.4) is 0 Å². The Balaban J connectivity index is 2.23. The molecular weight excluding hydrogens is 114 g/mol. The fraction of sp³-hybridized carbons (Fsp3) is 0.500. The zero-order chi connectivity index (χ0) is 6.10. The molecule has 1 fully saturated rings. The van der Waals surface area contributed by atoms with Crippen molar-refractivity contribution in [2.45, 2.75) is 6.04 Å². The molecule has 1 unspecified atom stereocenters. The summed E-state index contributed by atoms with van der Waals surface area (Å²) in [7, 11) is 0. The van der Waals surface area contributed by atoms with Gasteiger partial charge in [0.15, 0.2) is 6.34 Å². The molecule has 3 heteroatoms. The minimum absolute atomic E-state index is 0.461. The van der Waals surface area contributed by atoms with E-state index in [9.17, 15) is 0 Å². The number of aliphatic imine (C=N–C) groups is 1. The molecule has 2 aliphatic rings. The molecule has 0 aliphatic carbocycles. The molecule has 0 spiro atoms. The van der Waals surface area contributed by atoms with Crippen LogP contribution < -0.4 is 10.6 Å². The molecule has 0 saturated carbocycles. The largest absolute Gasteiger partial charge is 0.359 e. The molecule has 1 radical (unpaired) electrons. The number of hydrogen-bond acceptors (Lipinski definition) is 3. The maximum atomic E-state index is 3.86. The van der Waals surface area contributed by atoms with Crippen LogP contribution in [0, 0.1) is 0 Å². The molecule has 1 atom stereocenters. The molecule has 0 bridgehead atoms. The minimum Gasteiger partial charge on any atom is -0.359 e. The molecule has 2 aliphatic heterocycles. The Bertz CT molecular complexity index is 171. The van der Waals surface area contributed by atoms with Gasteiger partial charge >= 0.3 is 0 Å². The van der Waals surface area contributed by atoms with E-state index >= 15 is 0 Å². The van der Waals surface area contributed by atoms with Crippen molar-refractivity contribution in [3.8, 4) is 0 Å². The molecule has 2 N–H and O–H groups in total. The second-order valence-electron chi connectivity index (χ2n) is 2.27. The van der Waals surface area contributed by atoms with E-state index in [-0.39, 0.29) is 0 Å². The predicted octanol–water partition coefficient (Wildman–Crippen LogP) is -0.649. The summed E-state index contributed by atoms with van der Waals surface area (Å²) in [6.07, 6.45) is 4.59. The summed E-state index contributed by atoms with van der Waals surface area (Å²) in [5, 5.41) is 6.27. The first kappa shape index (κ1) is 4.99. The Hall–Kier alpha value is -0.830. The van der Waals surface area contributed by atoms with Gasteiger partial charge in [0.05, 0.1) is 6.04 Å². The summed E-state index contributed by atoms with van der Waals surface area (Å²) in [6.45, 7) is 1.98. The van der Waals surface area contributed by atoms with Gasteiger partial charge in [-0.05, 0) is 5.57 Å². The van der Waals surface area contributed by atoms with Crippen LogP contribution in [0.15, 0.2) is 16.8 Å². The van der Waals surface area contributed by atoms with Crippen molar-refractivity contribution >= 4 is 6.34 Å². The molecule has 1 saturated heterocycles. The monoisotopic (exact) mass is 122 g/mol. The van der Waals surface area contributed by atoms with Crippen LogP contribution >= 0.6 is 0 Å². The lowest BCUT2D eigenvalue weighted by molar-refractivity contribution is 0.721. The van der Waals surface area contributed by atoms with Crippen LogP contribution in [0.5, 0.6) is 0 Å². The highest BCUT2D eigenvalue weighted by Gasteiger charge is 2.20. The summed E-state index contributed by atoms with van der Waals surface area (Å²) in [5.41, 5.74) is 1.34. The quantitative estimate of drug-likeness (QED) is 0.448. The molecule has 0 aromatic rings. The summed E-state index contributed by atoms with van der Waals surface area (Å²) in [5.74, 6) is 0. The first-order valence-corrected chi connectivity index (χ1v) is 3.07. The third-order valence-corrected chi connectivity index (χ3v) is 1.66. The van der Waals surface area contributed by atoms with E-state index in [1.54, 1.807) is 0 Å². The summed E-state index contributed by atoms with van der Waals surface area (Å²) < 4.78 is 0. The van der Waals surface area contributed by atoms with Gasteiger partial charge in [0.25, 0.3) is 0 Å². The van der Waals surface area contributed by atoms with E-state index in [1.165, 1.54) is 5.57 Å². The van der Waals surface area contributed by atoms with Gasteiger partial charge < -0.3 is 10.6 Å². The van der Waals surface area contributed by atoms with Gasteiger partial charge in [0.1, 0.15) is 0 Å². The molecule has 9 heavy (non-hydrogen) atoms. The topological polar surface area (TPSA) is 36.4 Å². The lowest BCUT2D eigenvalue weighted by atomic mass is 10.1. The molecule has 2 rings (SSSR count). The molecule has 2 heterocycles. The smallest absolute Gasteiger partial charge is 0.169 e. The number of fused-ring (bicyclic) bond motifs is 1. The van der Waals surface area contributed by atoms with Crippen LogP contribution in [0.4, 0.5) is 0 Å². The van der Waals surface area contributed by atoms with E-state index < -0.39 is 0 Å². The van der Waals surface area contributed by atoms with Gasteiger partial charge in [0.2, 0.25) is 0 Å². The van der Waals surface area contributed by atoms with E-state index in [0.29, 0.717) is 6.04 Å². The van der Waals surface area contributed by atoms with Gasteiger partial charge in [0, 0.05) is 19.3 Å². The third-order valence-electron chi connectivity index (χ3n) is 1.66. The van der Waals surface area contributed by atoms with E-state index in [2.05, 4.69) is 22.0 Å². The van der Waals surface area contributed by atoms with Crippen LogP contribution in [-0.4, -0.2) is 25.5 Å². The molecule has 47 valence electrons. The van der Waals surface area contributed by atoms with Crippen molar-refractivity contribution < 1.29 is 0 Å². The number of nitrogens with one attached hydrogen (secondary N) is 2. The van der Waals surface area contributed by atoms with Gasteiger partial charge in [-0.2, -0.15) is 0 Å². The highest BCUT2D eigenvalue weighted by Crippen LogP contribution is 2.08. The summed E-state index contributed by atoms with van der Waals surface area (Å²) in [6, 6.07) is 0.461. The van der Waals surface area contributed by atoms with Crippen molar-refractivity contribution in [1.29, 1.82) is 0 Å². The second kappa shape index (κ2) is 1.84. The molecule has 0 amide bonds. The first-order valence-electron chi connectivity index (χ1n) is 3.07. The number of nitrogens with zero attached hydrogens (tertiary/aromatic N) is 1. The summed E-state index contributed by atoms with van der Waals surface area (Å²) in [4.78, 5) is 3.86. The SMILES string of the molecule is [C]1=NC=C2CNCC2N1. The van der Waals surface area contributed by atoms with Crippen LogP contribution in [0.1, 0.15) is 0 Å². The number of hydrogen-bond donors (Lipinski definition) is 2. The van der Waals surface area contributed by atoms with Crippen LogP contribution in [-0.2, 0) is 0 Å². The second-order valence-corrected chi connectivity index (χ2v) is 2.27. The fourth-order valence-electron chi connectivity index (χ4n) is 1.12. The molecule has 0 aromatic carbocycles. The van der Waals surface area contributed by atoms with Gasteiger partial charge in [-0.25, -0.2) is 4.99 Å². The maximum absolute atomic E-state index is 3.86.